The van der Waals surface area contributed by atoms with Crippen LogP contribution in [0.3, 0.4) is 0 Å². The van der Waals surface area contributed by atoms with Gasteiger partial charge >= 0.3 is 12.1 Å². The molecule has 1 saturated heterocycles. The topological polar surface area (TPSA) is 102 Å². The first kappa shape index (κ1) is 21.3. The van der Waals surface area contributed by atoms with Crippen molar-refractivity contribution in [2.24, 2.45) is 0 Å². The Morgan fingerprint density at radius 1 is 1.21 bits per heavy atom. The molecule has 11 heteroatoms. The molecular formula is C18H17F3O7S. The van der Waals surface area contributed by atoms with Crippen molar-refractivity contribution in [2.75, 3.05) is 19.0 Å². The highest BCUT2D eigenvalue weighted by atomic mass is 32.2. The number of benzene rings is 2. The predicted octanol–water partition coefficient (Wildman–Crippen LogP) is 2.98. The molecule has 3 rings (SSSR count). The number of fused-ring (bicyclic) bond motifs is 1. The summed E-state index contributed by atoms with van der Waals surface area (Å²) in [7, 11) is -5.08. The number of hydrogen-bond donors (Lipinski definition) is 1. The largest absolute Gasteiger partial charge is 0.490 e. The van der Waals surface area contributed by atoms with Crippen molar-refractivity contribution in [3.63, 3.8) is 0 Å². The highest BCUT2D eigenvalue weighted by Gasteiger charge is 2.57. The van der Waals surface area contributed by atoms with Gasteiger partial charge in [0.2, 0.25) is 5.60 Å². The smallest absolute Gasteiger partial charge is 0.429 e. The van der Waals surface area contributed by atoms with Crippen molar-refractivity contribution in [3.05, 3.63) is 42.0 Å². The monoisotopic (exact) mass is 434 g/mol. The molecule has 1 heterocycles. The van der Waals surface area contributed by atoms with Gasteiger partial charge in [0.15, 0.2) is 0 Å². The zero-order chi connectivity index (χ0) is 21.4. The van der Waals surface area contributed by atoms with Crippen LogP contribution in [-0.2, 0) is 19.6 Å². The lowest BCUT2D eigenvalue weighted by Gasteiger charge is -2.30. The van der Waals surface area contributed by atoms with Crippen LogP contribution in [0, 0.1) is 0 Å². The first-order valence-corrected chi connectivity index (χ1v) is 10.0. The van der Waals surface area contributed by atoms with E-state index in [2.05, 4.69) is 4.74 Å². The van der Waals surface area contributed by atoms with Crippen molar-refractivity contribution in [1.82, 2.24) is 0 Å². The highest BCUT2D eigenvalue weighted by Crippen LogP contribution is 2.37. The summed E-state index contributed by atoms with van der Waals surface area (Å²) in [6.07, 6.45) is -5.26. The summed E-state index contributed by atoms with van der Waals surface area (Å²) in [5.74, 6) is -2.80. The normalized spacial score (nSPS) is 18.9. The van der Waals surface area contributed by atoms with Crippen LogP contribution in [0.5, 0.6) is 5.75 Å². The predicted molar refractivity (Wildman–Crippen MR) is 95.5 cm³/mol. The molecule has 1 fully saturated rings. The average molecular weight is 434 g/mol. The van der Waals surface area contributed by atoms with Crippen LogP contribution in [0.4, 0.5) is 13.2 Å². The van der Waals surface area contributed by atoms with Crippen molar-refractivity contribution >= 4 is 26.9 Å². The van der Waals surface area contributed by atoms with Gasteiger partial charge in [-0.05, 0) is 24.4 Å². The molecule has 1 aliphatic heterocycles. The Bertz CT molecular complexity index is 1030. The second-order valence-corrected chi connectivity index (χ2v) is 8.22. The molecule has 0 saturated carbocycles. The number of halogens is 3. The van der Waals surface area contributed by atoms with Crippen molar-refractivity contribution in [2.45, 2.75) is 24.8 Å². The van der Waals surface area contributed by atoms with Gasteiger partial charge in [0.25, 0.3) is 10.1 Å². The number of rotatable bonds is 7. The van der Waals surface area contributed by atoms with E-state index in [0.29, 0.717) is 24.7 Å². The summed E-state index contributed by atoms with van der Waals surface area (Å²) in [4.78, 5) is 12.5. The summed E-state index contributed by atoms with van der Waals surface area (Å²) >= 11 is 0. The van der Waals surface area contributed by atoms with Crippen molar-refractivity contribution < 1.29 is 45.1 Å². The minimum atomic E-state index is -5.23. The van der Waals surface area contributed by atoms with Gasteiger partial charge in [-0.2, -0.15) is 21.6 Å². The van der Waals surface area contributed by atoms with E-state index in [1.54, 1.807) is 18.2 Å². The number of ether oxygens (including phenoxy) is 3. The van der Waals surface area contributed by atoms with Crippen LogP contribution in [-0.4, -0.2) is 55.8 Å². The van der Waals surface area contributed by atoms with Crippen LogP contribution >= 0.6 is 0 Å². The second kappa shape index (κ2) is 7.47. The highest BCUT2D eigenvalue weighted by molar-refractivity contribution is 7.85. The van der Waals surface area contributed by atoms with E-state index in [9.17, 15) is 26.4 Å². The molecule has 2 unspecified atom stereocenters. The Morgan fingerprint density at radius 3 is 2.38 bits per heavy atom. The lowest BCUT2D eigenvalue weighted by atomic mass is 10.0. The van der Waals surface area contributed by atoms with E-state index in [-0.39, 0.29) is 23.7 Å². The lowest BCUT2D eigenvalue weighted by Crippen LogP contribution is -2.51. The number of alkyl halides is 3. The fraction of sp³-hybridized carbons (Fsp3) is 0.389. The zero-order valence-corrected chi connectivity index (χ0v) is 15.9. The lowest BCUT2D eigenvalue weighted by molar-refractivity contribution is -0.243. The number of esters is 1. The molecule has 7 nitrogen and oxygen atoms in total. The van der Waals surface area contributed by atoms with E-state index in [0.717, 1.165) is 0 Å². The van der Waals surface area contributed by atoms with Gasteiger partial charge in [-0.25, -0.2) is 4.79 Å². The Labute approximate surface area is 164 Å². The van der Waals surface area contributed by atoms with Crippen LogP contribution in [0.2, 0.25) is 0 Å². The Hall–Kier alpha value is -2.37. The number of hydrogen-bond acceptors (Lipinski definition) is 6. The van der Waals surface area contributed by atoms with Gasteiger partial charge in [0, 0.05) is 5.39 Å². The SMILES string of the molecule is CC(CS(=O)(=O)O)(OC(=O)c1ccc(OCC2CO2)c2ccccc12)C(F)(F)F. The molecule has 0 amide bonds. The third-order valence-electron chi connectivity index (χ3n) is 4.31. The average Bonchev–Trinajstić information content (AvgIpc) is 3.41. The molecule has 2 aromatic carbocycles. The molecule has 0 spiro atoms. The molecule has 0 bridgehead atoms. The molecule has 0 aliphatic carbocycles. The summed E-state index contributed by atoms with van der Waals surface area (Å²) in [5, 5.41) is 0.731. The summed E-state index contributed by atoms with van der Waals surface area (Å²) in [5.41, 5.74) is -3.64. The molecule has 29 heavy (non-hydrogen) atoms. The van der Waals surface area contributed by atoms with Crippen molar-refractivity contribution in [3.8, 4) is 5.75 Å². The van der Waals surface area contributed by atoms with Crippen LogP contribution in [0.15, 0.2) is 36.4 Å². The maximum Gasteiger partial charge on any atom is 0.429 e. The van der Waals surface area contributed by atoms with E-state index in [1.807, 2.05) is 0 Å². The molecule has 0 radical (unpaired) electrons. The minimum absolute atomic E-state index is 0.0219. The molecule has 2 atom stereocenters. The molecule has 0 aromatic heterocycles. The van der Waals surface area contributed by atoms with Gasteiger partial charge in [0.1, 0.15) is 24.2 Å². The standard InChI is InChI=1S/C18H17F3O7S/c1-17(18(19,20)21,10-29(23,24)25)28-16(22)14-6-7-15(27-9-11-8-26-11)13-5-3-2-4-12(13)14/h2-7,11H,8-10H2,1H3,(H,23,24,25). The second-order valence-electron chi connectivity index (χ2n) is 6.77. The van der Waals surface area contributed by atoms with Crippen LogP contribution < -0.4 is 4.74 Å². The van der Waals surface area contributed by atoms with E-state index >= 15 is 0 Å². The Kier molecular flexibility index (Phi) is 5.50. The van der Waals surface area contributed by atoms with Crippen LogP contribution in [0.1, 0.15) is 17.3 Å². The maximum atomic E-state index is 13.4. The molecule has 158 valence electrons. The van der Waals surface area contributed by atoms with Crippen molar-refractivity contribution in [1.29, 1.82) is 0 Å². The first-order valence-electron chi connectivity index (χ1n) is 8.41. The Balaban J connectivity index is 1.94. The quantitative estimate of drug-likeness (QED) is 0.406. The first-order chi connectivity index (χ1) is 13.4. The number of epoxide rings is 1. The van der Waals surface area contributed by atoms with E-state index < -0.39 is 33.6 Å². The van der Waals surface area contributed by atoms with Gasteiger partial charge in [-0.1, -0.05) is 24.3 Å². The van der Waals surface area contributed by atoms with E-state index in [4.69, 9.17) is 14.0 Å². The minimum Gasteiger partial charge on any atom is -0.490 e. The molecular weight excluding hydrogens is 417 g/mol. The van der Waals surface area contributed by atoms with Gasteiger partial charge in [0.05, 0.1) is 12.2 Å². The van der Waals surface area contributed by atoms with Gasteiger partial charge in [-0.3, -0.25) is 4.55 Å². The summed E-state index contributed by atoms with van der Waals surface area (Å²) in [6.45, 7) is 1.24. The number of carbonyl (C=O) groups excluding carboxylic acids is 1. The van der Waals surface area contributed by atoms with E-state index in [1.165, 1.54) is 18.2 Å². The molecule has 1 N–H and O–H groups in total. The maximum absolute atomic E-state index is 13.4. The van der Waals surface area contributed by atoms with Crippen LogP contribution in [0.25, 0.3) is 10.8 Å². The Morgan fingerprint density at radius 2 is 1.83 bits per heavy atom. The van der Waals surface area contributed by atoms with Gasteiger partial charge in [-0.15, -0.1) is 0 Å². The van der Waals surface area contributed by atoms with Gasteiger partial charge < -0.3 is 14.2 Å². The fourth-order valence-corrected chi connectivity index (χ4v) is 3.62. The zero-order valence-electron chi connectivity index (χ0n) is 15.1. The summed E-state index contributed by atoms with van der Waals surface area (Å²) < 4.78 is 86.3. The fourth-order valence-electron chi connectivity index (χ4n) is 2.70. The third-order valence-corrected chi connectivity index (χ3v) is 5.22. The summed E-state index contributed by atoms with van der Waals surface area (Å²) in [6, 6.07) is 9.01. The third kappa shape index (κ3) is 4.98. The number of carbonyl (C=O) groups is 1. The molecule has 1 aliphatic rings. The molecule has 2 aromatic rings.